The van der Waals surface area contributed by atoms with Gasteiger partial charge in [-0.2, -0.15) is 0 Å². The molecule has 3 aromatic rings. The number of pyridine rings is 1. The van der Waals surface area contributed by atoms with Crippen LogP contribution in [0.15, 0.2) is 71.7 Å². The zero-order chi connectivity index (χ0) is 13.9. The van der Waals surface area contributed by atoms with Crippen LogP contribution in [0.2, 0.25) is 0 Å². The van der Waals surface area contributed by atoms with Crippen molar-refractivity contribution < 1.29 is 0 Å². The quantitative estimate of drug-likeness (QED) is 0.682. The molecule has 0 saturated heterocycles. The first-order chi connectivity index (χ1) is 9.81. The minimum atomic E-state index is 0.0139. The molecule has 2 heteroatoms. The number of para-hydroxylation sites is 1. The summed E-state index contributed by atoms with van der Waals surface area (Å²) in [6.07, 6.45) is 5.92. The van der Waals surface area contributed by atoms with Gasteiger partial charge in [0.2, 0.25) is 0 Å². The lowest BCUT2D eigenvalue weighted by Gasteiger charge is -2.10. The Labute approximate surface area is 117 Å². The number of aromatic nitrogens is 1. The number of nitrogens with zero attached hydrogens (tertiary/aromatic N) is 1. The predicted molar refractivity (Wildman–Crippen MR) is 84.3 cm³/mol. The average Bonchev–Trinajstić information content (AvgIpc) is 2.51. The van der Waals surface area contributed by atoms with E-state index in [2.05, 4.69) is 0 Å². The van der Waals surface area contributed by atoms with Crippen molar-refractivity contribution in [2.45, 2.75) is 6.92 Å². The Bertz CT molecular complexity index is 829. The SMILES string of the molecule is C/C=C/c1cn(-c2ccccc2)c(=O)c2ccccc12. The highest BCUT2D eigenvalue weighted by Gasteiger charge is 2.07. The fraction of sp³-hybridized carbons (Fsp3) is 0.0556. The van der Waals surface area contributed by atoms with Gasteiger partial charge in [0, 0.05) is 17.3 Å². The van der Waals surface area contributed by atoms with Crippen molar-refractivity contribution in [1.29, 1.82) is 0 Å². The molecule has 3 rings (SSSR count). The molecule has 0 N–H and O–H groups in total. The summed E-state index contributed by atoms with van der Waals surface area (Å²) in [5.74, 6) is 0. The van der Waals surface area contributed by atoms with Gasteiger partial charge >= 0.3 is 0 Å². The third-order valence-electron chi connectivity index (χ3n) is 3.34. The lowest BCUT2D eigenvalue weighted by molar-refractivity contribution is 1.01. The first-order valence-corrected chi connectivity index (χ1v) is 6.64. The van der Waals surface area contributed by atoms with Crippen molar-refractivity contribution in [2.24, 2.45) is 0 Å². The van der Waals surface area contributed by atoms with Gasteiger partial charge in [0.15, 0.2) is 0 Å². The van der Waals surface area contributed by atoms with E-state index in [1.807, 2.05) is 79.9 Å². The summed E-state index contributed by atoms with van der Waals surface area (Å²) in [5, 5.41) is 1.73. The summed E-state index contributed by atoms with van der Waals surface area (Å²) in [6, 6.07) is 17.4. The van der Waals surface area contributed by atoms with Gasteiger partial charge in [-0.1, -0.05) is 48.6 Å². The molecular weight excluding hydrogens is 246 g/mol. The molecule has 0 bridgehead atoms. The van der Waals surface area contributed by atoms with Gasteiger partial charge in [-0.3, -0.25) is 9.36 Å². The summed E-state index contributed by atoms with van der Waals surface area (Å²) in [7, 11) is 0. The molecule has 0 atom stereocenters. The number of hydrogen-bond acceptors (Lipinski definition) is 1. The number of hydrogen-bond donors (Lipinski definition) is 0. The van der Waals surface area contributed by atoms with E-state index in [1.54, 1.807) is 4.57 Å². The highest BCUT2D eigenvalue weighted by molar-refractivity contribution is 5.89. The van der Waals surface area contributed by atoms with Crippen molar-refractivity contribution in [3.63, 3.8) is 0 Å². The molecule has 0 aliphatic heterocycles. The normalized spacial score (nSPS) is 11.2. The minimum Gasteiger partial charge on any atom is -0.283 e. The molecule has 2 aromatic carbocycles. The molecule has 0 amide bonds. The number of fused-ring (bicyclic) bond motifs is 1. The molecule has 0 radical (unpaired) electrons. The number of allylic oxidation sites excluding steroid dienone is 1. The van der Waals surface area contributed by atoms with Crippen LogP contribution in [0.1, 0.15) is 12.5 Å². The van der Waals surface area contributed by atoms with Gasteiger partial charge in [-0.05, 0) is 36.1 Å². The Morgan fingerprint density at radius 1 is 0.900 bits per heavy atom. The van der Waals surface area contributed by atoms with Gasteiger partial charge in [0.1, 0.15) is 0 Å². The second-order valence-corrected chi connectivity index (χ2v) is 4.64. The van der Waals surface area contributed by atoms with E-state index in [1.165, 1.54) is 0 Å². The molecule has 0 aliphatic rings. The zero-order valence-corrected chi connectivity index (χ0v) is 11.3. The van der Waals surface area contributed by atoms with E-state index >= 15 is 0 Å². The maximum Gasteiger partial charge on any atom is 0.262 e. The minimum absolute atomic E-state index is 0.0139. The Balaban J connectivity index is 2.40. The molecular formula is C18H15NO. The van der Waals surface area contributed by atoms with Gasteiger partial charge < -0.3 is 0 Å². The fourth-order valence-corrected chi connectivity index (χ4v) is 2.41. The second-order valence-electron chi connectivity index (χ2n) is 4.64. The molecule has 98 valence electrons. The van der Waals surface area contributed by atoms with Crippen LogP contribution in [0.25, 0.3) is 22.5 Å². The van der Waals surface area contributed by atoms with Gasteiger partial charge in [0.25, 0.3) is 5.56 Å². The van der Waals surface area contributed by atoms with Crippen LogP contribution in [0.3, 0.4) is 0 Å². The monoisotopic (exact) mass is 261 g/mol. The van der Waals surface area contributed by atoms with E-state index in [0.717, 1.165) is 22.0 Å². The van der Waals surface area contributed by atoms with Crippen molar-refractivity contribution in [3.8, 4) is 5.69 Å². The Morgan fingerprint density at radius 2 is 1.55 bits per heavy atom. The molecule has 2 nitrogen and oxygen atoms in total. The smallest absolute Gasteiger partial charge is 0.262 e. The Kier molecular flexibility index (Phi) is 3.21. The highest BCUT2D eigenvalue weighted by atomic mass is 16.1. The van der Waals surface area contributed by atoms with Crippen LogP contribution in [0, 0.1) is 0 Å². The maximum atomic E-state index is 12.6. The fourth-order valence-electron chi connectivity index (χ4n) is 2.41. The van der Waals surface area contributed by atoms with E-state index in [4.69, 9.17) is 0 Å². The summed E-state index contributed by atoms with van der Waals surface area (Å²) in [4.78, 5) is 12.6. The molecule has 0 saturated carbocycles. The van der Waals surface area contributed by atoms with Gasteiger partial charge in [0.05, 0.1) is 0 Å². The van der Waals surface area contributed by atoms with Crippen LogP contribution >= 0.6 is 0 Å². The van der Waals surface area contributed by atoms with Crippen LogP contribution in [-0.2, 0) is 0 Å². The van der Waals surface area contributed by atoms with Gasteiger partial charge in [-0.15, -0.1) is 0 Å². The first-order valence-electron chi connectivity index (χ1n) is 6.64. The standard InChI is InChI=1S/C18H15NO/c1-2-8-14-13-19(15-9-4-3-5-10-15)18(20)17-12-7-6-11-16(14)17/h2-13H,1H3/b8-2+. The van der Waals surface area contributed by atoms with E-state index in [-0.39, 0.29) is 5.56 Å². The third-order valence-corrected chi connectivity index (χ3v) is 3.34. The topological polar surface area (TPSA) is 22.0 Å². The largest absolute Gasteiger partial charge is 0.283 e. The number of benzene rings is 2. The maximum absolute atomic E-state index is 12.6. The van der Waals surface area contributed by atoms with E-state index in [9.17, 15) is 4.79 Å². The predicted octanol–water partition coefficient (Wildman–Crippen LogP) is 4.02. The summed E-state index contributed by atoms with van der Waals surface area (Å²) >= 11 is 0. The molecule has 1 heterocycles. The van der Waals surface area contributed by atoms with Crippen LogP contribution < -0.4 is 5.56 Å². The van der Waals surface area contributed by atoms with Gasteiger partial charge in [-0.25, -0.2) is 0 Å². The molecule has 0 fully saturated rings. The van der Waals surface area contributed by atoms with E-state index < -0.39 is 0 Å². The molecule has 1 aromatic heterocycles. The van der Waals surface area contributed by atoms with Crippen molar-refractivity contribution >= 4 is 16.8 Å². The van der Waals surface area contributed by atoms with Crippen molar-refractivity contribution in [2.75, 3.05) is 0 Å². The van der Waals surface area contributed by atoms with Crippen LogP contribution in [0.5, 0.6) is 0 Å². The summed E-state index contributed by atoms with van der Waals surface area (Å²) < 4.78 is 1.71. The van der Waals surface area contributed by atoms with Crippen LogP contribution in [-0.4, -0.2) is 4.57 Å². The Morgan fingerprint density at radius 3 is 2.25 bits per heavy atom. The van der Waals surface area contributed by atoms with E-state index in [0.29, 0.717) is 0 Å². The Hall–Kier alpha value is -2.61. The van der Waals surface area contributed by atoms with Crippen molar-refractivity contribution in [3.05, 3.63) is 82.8 Å². The molecule has 0 aliphatic carbocycles. The molecule has 20 heavy (non-hydrogen) atoms. The lowest BCUT2D eigenvalue weighted by atomic mass is 10.1. The molecule has 0 unspecified atom stereocenters. The third kappa shape index (κ3) is 2.05. The van der Waals surface area contributed by atoms with Crippen molar-refractivity contribution in [1.82, 2.24) is 4.57 Å². The molecule has 0 spiro atoms. The van der Waals surface area contributed by atoms with Crippen LogP contribution in [0.4, 0.5) is 0 Å². The highest BCUT2D eigenvalue weighted by Crippen LogP contribution is 2.18. The average molecular weight is 261 g/mol. The summed E-state index contributed by atoms with van der Waals surface area (Å²) in [6.45, 7) is 1.98. The summed E-state index contributed by atoms with van der Waals surface area (Å²) in [5.41, 5.74) is 1.95. The second kappa shape index (κ2) is 5.17. The first kappa shape index (κ1) is 12.4. The zero-order valence-electron chi connectivity index (χ0n) is 11.3. The number of rotatable bonds is 2. The lowest BCUT2D eigenvalue weighted by Crippen LogP contribution is -2.18.